The van der Waals surface area contributed by atoms with Crippen LogP contribution >= 0.6 is 0 Å². The monoisotopic (exact) mass is 168 g/mol. The van der Waals surface area contributed by atoms with E-state index in [1.54, 1.807) is 0 Å². The van der Waals surface area contributed by atoms with Gasteiger partial charge in [0.05, 0.1) is 0 Å². The lowest BCUT2D eigenvalue weighted by Gasteiger charge is -2.05. The van der Waals surface area contributed by atoms with Crippen LogP contribution in [0.2, 0.25) is 0 Å². The van der Waals surface area contributed by atoms with Gasteiger partial charge >= 0.3 is 9.05 Å². The van der Waals surface area contributed by atoms with Gasteiger partial charge in [0, 0.05) is 0 Å². The Morgan fingerprint density at radius 2 is 0.889 bits per heavy atom. The summed E-state index contributed by atoms with van der Waals surface area (Å²) in [4.78, 5) is 0. The molecule has 56 valence electrons. The predicted octanol–water partition coefficient (Wildman–Crippen LogP) is 1.03. The minimum absolute atomic E-state index is 2.23. The van der Waals surface area contributed by atoms with Crippen molar-refractivity contribution in [3.8, 4) is 0 Å². The van der Waals surface area contributed by atoms with Gasteiger partial charge in [-0.1, -0.05) is 18.1 Å². The number of halogens is 4. The third-order valence-corrected chi connectivity index (χ3v) is 1.13. The molecule has 0 fully saturated rings. The quantitative estimate of drug-likeness (QED) is 0.464. The Labute approximate surface area is 47.0 Å². The Bertz CT molecular complexity index is 55.5. The maximum atomic E-state index is 10.8. The molecule has 0 N–H and O–H groups in total. The van der Waals surface area contributed by atoms with Crippen LogP contribution in [-0.2, 0) is 18.5 Å². The predicted molar refractivity (Wildman–Crippen MR) is 14.5 cm³/mol. The molecule has 0 aromatic heterocycles. The van der Waals surface area contributed by atoms with Crippen LogP contribution in [0.15, 0.2) is 0 Å². The summed E-state index contributed by atoms with van der Waals surface area (Å²) >= 11 is 0. The van der Waals surface area contributed by atoms with Crippen LogP contribution in [-0.4, -0.2) is 9.05 Å². The SMILES string of the molecule is FO[Si](OF)(OF)OF. The van der Waals surface area contributed by atoms with E-state index in [1.807, 2.05) is 0 Å². The van der Waals surface area contributed by atoms with Crippen molar-refractivity contribution in [1.82, 2.24) is 0 Å². The zero-order chi connectivity index (χ0) is 7.33. The topological polar surface area (TPSA) is 36.9 Å². The fraction of sp³-hybridized carbons (Fsp3) is 0. The molecule has 9 heavy (non-hydrogen) atoms. The normalized spacial score (nSPS) is 12.0. The van der Waals surface area contributed by atoms with Gasteiger partial charge in [-0.3, -0.25) is 0 Å². The molecule has 0 amide bonds. The van der Waals surface area contributed by atoms with Gasteiger partial charge in [0.15, 0.2) is 0 Å². The molecule has 4 nitrogen and oxygen atoms in total. The van der Waals surface area contributed by atoms with Crippen molar-refractivity contribution in [2.45, 2.75) is 0 Å². The van der Waals surface area contributed by atoms with E-state index in [2.05, 4.69) is 18.5 Å². The number of hydrogen-bond donors (Lipinski definition) is 0. The van der Waals surface area contributed by atoms with Crippen molar-refractivity contribution >= 4 is 9.05 Å². The summed E-state index contributed by atoms with van der Waals surface area (Å²) in [6.45, 7) is 0. The Kier molecular flexibility index (Phi) is 3.64. The highest BCUT2D eigenvalue weighted by molar-refractivity contribution is 6.52. The van der Waals surface area contributed by atoms with Crippen molar-refractivity contribution in [2.24, 2.45) is 0 Å². The summed E-state index contributed by atoms with van der Waals surface area (Å²) in [5.41, 5.74) is 0. The van der Waals surface area contributed by atoms with Crippen LogP contribution in [0.3, 0.4) is 0 Å². The molecule has 0 aliphatic heterocycles. The first kappa shape index (κ1) is 8.78. The standard InChI is InChI=1S/F4O4Si/c1-5-9(6-2,7-3)8-4. The summed E-state index contributed by atoms with van der Waals surface area (Å²) < 4.78 is 52.1. The molecule has 0 heterocycles. The first-order valence-electron chi connectivity index (χ1n) is 1.43. The highest BCUT2D eigenvalue weighted by atomic mass is 28.4. The molecule has 0 aliphatic carbocycles. The van der Waals surface area contributed by atoms with E-state index in [0.29, 0.717) is 0 Å². The Morgan fingerprint density at radius 1 is 0.667 bits per heavy atom. The van der Waals surface area contributed by atoms with Crippen LogP contribution in [0.4, 0.5) is 18.1 Å². The second-order valence-corrected chi connectivity index (χ2v) is 2.43. The summed E-state index contributed by atoms with van der Waals surface area (Å²) in [6.07, 6.45) is 0. The molecule has 0 aliphatic rings. The molecule has 0 bridgehead atoms. The molecular weight excluding hydrogens is 168 g/mol. The third-order valence-electron chi connectivity index (χ3n) is 0.378. The molecule has 0 saturated heterocycles. The van der Waals surface area contributed by atoms with E-state index in [1.165, 1.54) is 0 Å². The smallest absolute Gasteiger partial charge is 0.148 e. The van der Waals surface area contributed by atoms with Gasteiger partial charge in [-0.05, 0) is 0 Å². The lowest BCUT2D eigenvalue weighted by molar-refractivity contribution is -0.291. The van der Waals surface area contributed by atoms with E-state index in [-0.39, 0.29) is 0 Å². The summed E-state index contributed by atoms with van der Waals surface area (Å²) in [5, 5.41) is 0. The van der Waals surface area contributed by atoms with Gasteiger partial charge in [0.2, 0.25) is 0 Å². The lowest BCUT2D eigenvalue weighted by atomic mass is 15.4. The van der Waals surface area contributed by atoms with E-state index in [9.17, 15) is 18.1 Å². The zero-order valence-corrected chi connectivity index (χ0v) is 4.64. The van der Waals surface area contributed by atoms with Crippen LogP contribution in [0.1, 0.15) is 0 Å². The highest BCUT2D eigenvalue weighted by Gasteiger charge is 2.55. The average molecular weight is 168 g/mol. The first-order valence-corrected chi connectivity index (χ1v) is 3.07. The fourth-order valence-corrected chi connectivity index (χ4v) is 0.214. The van der Waals surface area contributed by atoms with Crippen LogP contribution in [0.25, 0.3) is 0 Å². The molecule has 0 radical (unpaired) electrons. The molecule has 0 spiro atoms. The maximum Gasteiger partial charge on any atom is 0.808 e. The molecule has 0 atom stereocenters. The summed E-state index contributed by atoms with van der Waals surface area (Å²) in [5.74, 6) is 0. The van der Waals surface area contributed by atoms with Crippen molar-refractivity contribution in [2.75, 3.05) is 0 Å². The van der Waals surface area contributed by atoms with Gasteiger partial charge in [-0.25, -0.2) is 0 Å². The lowest BCUT2D eigenvalue weighted by Crippen LogP contribution is -2.40. The van der Waals surface area contributed by atoms with Crippen LogP contribution < -0.4 is 0 Å². The van der Waals surface area contributed by atoms with E-state index in [0.717, 1.165) is 0 Å². The fourth-order valence-electron chi connectivity index (χ4n) is 0.0714. The summed E-state index contributed by atoms with van der Waals surface area (Å²) in [6, 6.07) is 0. The van der Waals surface area contributed by atoms with Crippen molar-refractivity contribution in [3.63, 3.8) is 0 Å². The molecular formula is F4O4Si. The minimum atomic E-state index is -5.36. The largest absolute Gasteiger partial charge is 0.808 e. The van der Waals surface area contributed by atoms with Crippen molar-refractivity contribution in [1.29, 1.82) is 0 Å². The first-order chi connectivity index (χ1) is 4.24. The molecule has 0 aromatic rings. The van der Waals surface area contributed by atoms with Gasteiger partial charge in [0.1, 0.15) is 0 Å². The molecule has 0 rings (SSSR count). The van der Waals surface area contributed by atoms with Crippen molar-refractivity contribution < 1.29 is 36.6 Å². The second-order valence-electron chi connectivity index (χ2n) is 0.809. The molecule has 9 heteroatoms. The van der Waals surface area contributed by atoms with Gasteiger partial charge in [0.25, 0.3) is 0 Å². The molecule has 0 saturated carbocycles. The molecule has 0 aromatic carbocycles. The van der Waals surface area contributed by atoms with E-state index >= 15 is 0 Å². The maximum absolute atomic E-state index is 10.8. The Hall–Kier alpha value is -0.223. The van der Waals surface area contributed by atoms with Gasteiger partial charge < -0.3 is 0 Å². The highest BCUT2D eigenvalue weighted by Crippen LogP contribution is 2.12. The zero-order valence-electron chi connectivity index (χ0n) is 3.64. The van der Waals surface area contributed by atoms with Gasteiger partial charge in [-0.15, -0.1) is 18.5 Å². The third kappa shape index (κ3) is 1.87. The van der Waals surface area contributed by atoms with Crippen LogP contribution in [0, 0.1) is 0 Å². The van der Waals surface area contributed by atoms with Gasteiger partial charge in [-0.2, -0.15) is 0 Å². The Morgan fingerprint density at radius 3 is 0.889 bits per heavy atom. The minimum Gasteiger partial charge on any atom is -0.148 e. The average Bonchev–Trinajstić information content (AvgIpc) is 1.95. The number of hydrogen-bond acceptors (Lipinski definition) is 4. The summed E-state index contributed by atoms with van der Waals surface area (Å²) in [7, 11) is -5.36. The van der Waals surface area contributed by atoms with E-state index in [4.69, 9.17) is 0 Å². The molecule has 0 unspecified atom stereocenters. The number of rotatable bonds is 4. The Balaban J connectivity index is 3.82. The van der Waals surface area contributed by atoms with Crippen molar-refractivity contribution in [3.05, 3.63) is 0 Å². The second kappa shape index (κ2) is 3.74. The van der Waals surface area contributed by atoms with Crippen LogP contribution in [0.5, 0.6) is 0 Å². The van der Waals surface area contributed by atoms with E-state index < -0.39 is 9.05 Å².